The molecule has 4 nitrogen and oxygen atoms in total. The van der Waals surface area contributed by atoms with Gasteiger partial charge in [0.15, 0.2) is 5.75 Å². The summed E-state index contributed by atoms with van der Waals surface area (Å²) in [4.78, 5) is 0. The zero-order valence-electron chi connectivity index (χ0n) is 11.5. The molecule has 0 aliphatic rings. The van der Waals surface area contributed by atoms with Crippen molar-refractivity contribution in [3.05, 3.63) is 43.7 Å². The molecule has 1 aromatic heterocycles. The Hall–Kier alpha value is -0.600. The fraction of sp³-hybridized carbons (Fsp3) is 0.357. The zero-order valence-corrected chi connectivity index (χ0v) is 15.2. The molecule has 1 N–H and O–H groups in total. The first-order valence-corrected chi connectivity index (χ1v) is 8.07. The normalized spacial score (nSPS) is 12.8. The predicted molar refractivity (Wildman–Crippen MR) is 90.1 cm³/mol. The van der Waals surface area contributed by atoms with E-state index >= 15 is 0 Å². The van der Waals surface area contributed by atoms with E-state index in [9.17, 15) is 5.11 Å². The van der Waals surface area contributed by atoms with Gasteiger partial charge in [0.2, 0.25) is 0 Å². The number of hydrogen-bond acceptors (Lipinski definition) is 3. The van der Waals surface area contributed by atoms with Gasteiger partial charge in [0, 0.05) is 19.6 Å². The van der Waals surface area contributed by atoms with Crippen LogP contribution in [-0.2, 0) is 0 Å². The van der Waals surface area contributed by atoms with Crippen LogP contribution in [0.15, 0.2) is 28.9 Å². The molecule has 1 aromatic carbocycles. The van der Waals surface area contributed by atoms with E-state index in [1.165, 1.54) is 0 Å². The first-order valence-electron chi connectivity index (χ1n) is 6.20. The van der Waals surface area contributed by atoms with Crippen LogP contribution in [0.2, 0.25) is 0 Å². The molecule has 2 aromatic rings. The summed E-state index contributed by atoms with van der Waals surface area (Å²) in [6.45, 7) is 4.04. The summed E-state index contributed by atoms with van der Waals surface area (Å²) in [5, 5.41) is 15.1. The maximum Gasteiger partial charge on any atom is 0.163 e. The molecule has 1 unspecified atom stereocenters. The Kier molecular flexibility index (Phi) is 5.09. The summed E-state index contributed by atoms with van der Waals surface area (Å²) in [5.74, 6) is 0.594. The monoisotopic (exact) mass is 450 g/mol. The maximum absolute atomic E-state index is 10.8. The van der Waals surface area contributed by atoms with Gasteiger partial charge in [-0.25, -0.2) is 0 Å². The molecule has 1 atom stereocenters. The van der Waals surface area contributed by atoms with Crippen LogP contribution in [0.4, 0.5) is 0 Å². The molecule has 0 aliphatic carbocycles. The second-order valence-corrected chi connectivity index (χ2v) is 6.80. The minimum Gasteiger partial charge on any atom is -0.493 e. The summed E-state index contributed by atoms with van der Waals surface area (Å²) >= 11 is 5.72. The summed E-state index contributed by atoms with van der Waals surface area (Å²) in [6.07, 6.45) is 0.847. The molecule has 0 fully saturated rings. The molecule has 20 heavy (non-hydrogen) atoms. The van der Waals surface area contributed by atoms with E-state index in [4.69, 9.17) is 4.74 Å². The molecular formula is C14H16BrIN2O2. The van der Waals surface area contributed by atoms with E-state index < -0.39 is 6.10 Å². The molecule has 0 radical (unpaired) electrons. The Balaban J connectivity index is 2.55. The number of benzene rings is 1. The number of ether oxygens (including phenoxy) is 1. The van der Waals surface area contributed by atoms with Gasteiger partial charge in [0.05, 0.1) is 13.3 Å². The lowest BCUT2D eigenvalue weighted by atomic mass is 10.1. The van der Waals surface area contributed by atoms with Crippen molar-refractivity contribution >= 4 is 38.5 Å². The minimum absolute atomic E-state index is 0.144. The highest BCUT2D eigenvalue weighted by molar-refractivity contribution is 14.1. The largest absolute Gasteiger partial charge is 0.493 e. The van der Waals surface area contributed by atoms with E-state index in [0.717, 1.165) is 13.6 Å². The fourth-order valence-corrected chi connectivity index (χ4v) is 3.03. The van der Waals surface area contributed by atoms with Crippen molar-refractivity contribution < 1.29 is 9.84 Å². The van der Waals surface area contributed by atoms with Crippen molar-refractivity contribution in [2.24, 2.45) is 0 Å². The van der Waals surface area contributed by atoms with Crippen molar-refractivity contribution in [3.63, 3.8) is 0 Å². The number of hydrogen-bond donors (Lipinski definition) is 1. The Bertz CT molecular complexity index is 613. The van der Waals surface area contributed by atoms with Gasteiger partial charge in [-0.1, -0.05) is 15.9 Å². The van der Waals surface area contributed by atoms with E-state index in [1.54, 1.807) is 18.0 Å². The third-order valence-electron chi connectivity index (χ3n) is 3.02. The average Bonchev–Trinajstić information content (AvgIpc) is 2.84. The van der Waals surface area contributed by atoms with Gasteiger partial charge in [-0.3, -0.25) is 4.68 Å². The van der Waals surface area contributed by atoms with Crippen LogP contribution in [0.1, 0.15) is 37.3 Å². The standard InChI is InChI=1S/C14H16BrIN2O2/c1-8(2)18-13(12(20-3)7-17-18)14(19)10-6-9(16)4-5-11(10)15/h4-8,14,19H,1-3H3. The number of aliphatic hydroxyl groups is 1. The molecule has 2 rings (SSSR count). The van der Waals surface area contributed by atoms with Crippen LogP contribution in [-0.4, -0.2) is 22.0 Å². The summed E-state index contributed by atoms with van der Waals surface area (Å²) in [7, 11) is 1.59. The molecule has 108 valence electrons. The highest BCUT2D eigenvalue weighted by atomic mass is 127. The Morgan fingerprint density at radius 1 is 1.40 bits per heavy atom. The number of aromatic nitrogens is 2. The molecular weight excluding hydrogens is 435 g/mol. The SMILES string of the molecule is COc1cnn(C(C)C)c1C(O)c1cc(I)ccc1Br. The first kappa shape index (κ1) is 15.8. The predicted octanol–water partition coefficient (Wildman–Crippen LogP) is 3.92. The average molecular weight is 451 g/mol. The van der Waals surface area contributed by atoms with Gasteiger partial charge in [-0.2, -0.15) is 5.10 Å². The number of methoxy groups -OCH3 is 1. The lowest BCUT2D eigenvalue weighted by molar-refractivity contribution is 0.199. The van der Waals surface area contributed by atoms with Crippen LogP contribution >= 0.6 is 38.5 Å². The second kappa shape index (κ2) is 6.44. The minimum atomic E-state index is -0.793. The van der Waals surface area contributed by atoms with Crippen LogP contribution in [0.3, 0.4) is 0 Å². The van der Waals surface area contributed by atoms with Crippen molar-refractivity contribution in [1.82, 2.24) is 9.78 Å². The molecule has 0 saturated heterocycles. The molecule has 0 bridgehead atoms. The Morgan fingerprint density at radius 3 is 2.70 bits per heavy atom. The highest BCUT2D eigenvalue weighted by Crippen LogP contribution is 2.35. The van der Waals surface area contributed by atoms with Crippen LogP contribution < -0.4 is 4.74 Å². The fourth-order valence-electron chi connectivity index (χ4n) is 2.06. The van der Waals surface area contributed by atoms with E-state index in [0.29, 0.717) is 11.4 Å². The first-order chi connectivity index (χ1) is 9.45. The number of aliphatic hydroxyl groups excluding tert-OH is 1. The van der Waals surface area contributed by atoms with Gasteiger partial charge in [0.25, 0.3) is 0 Å². The third-order valence-corrected chi connectivity index (χ3v) is 4.41. The number of halogens is 2. The van der Waals surface area contributed by atoms with Crippen LogP contribution in [0.5, 0.6) is 5.75 Å². The highest BCUT2D eigenvalue weighted by Gasteiger charge is 2.24. The van der Waals surface area contributed by atoms with Gasteiger partial charge in [-0.05, 0) is 54.6 Å². The zero-order chi connectivity index (χ0) is 14.9. The topological polar surface area (TPSA) is 47.3 Å². The van der Waals surface area contributed by atoms with Crippen molar-refractivity contribution in [2.75, 3.05) is 7.11 Å². The second-order valence-electron chi connectivity index (χ2n) is 4.70. The molecule has 1 heterocycles. The molecule has 0 spiro atoms. The van der Waals surface area contributed by atoms with Crippen LogP contribution in [0.25, 0.3) is 0 Å². The lowest BCUT2D eigenvalue weighted by Crippen LogP contribution is -2.13. The van der Waals surface area contributed by atoms with Crippen molar-refractivity contribution in [3.8, 4) is 5.75 Å². The summed E-state index contributed by atoms with van der Waals surface area (Å²) in [6, 6.07) is 6.01. The molecule has 0 aliphatic heterocycles. The maximum atomic E-state index is 10.8. The number of rotatable bonds is 4. The summed E-state index contributed by atoms with van der Waals surface area (Å²) in [5.41, 5.74) is 1.47. The van der Waals surface area contributed by atoms with Gasteiger partial charge >= 0.3 is 0 Å². The Morgan fingerprint density at radius 2 is 2.10 bits per heavy atom. The summed E-state index contributed by atoms with van der Waals surface area (Å²) < 4.78 is 9.04. The van der Waals surface area contributed by atoms with E-state index in [2.05, 4.69) is 43.6 Å². The van der Waals surface area contributed by atoms with Gasteiger partial charge < -0.3 is 9.84 Å². The Labute approximate surface area is 140 Å². The van der Waals surface area contributed by atoms with Crippen molar-refractivity contribution in [2.45, 2.75) is 26.0 Å². The molecule has 6 heteroatoms. The van der Waals surface area contributed by atoms with E-state index in [1.807, 2.05) is 32.0 Å². The smallest absolute Gasteiger partial charge is 0.163 e. The third kappa shape index (κ3) is 3.01. The molecule has 0 saturated carbocycles. The molecule has 0 amide bonds. The van der Waals surface area contributed by atoms with Crippen LogP contribution in [0, 0.1) is 3.57 Å². The lowest BCUT2D eigenvalue weighted by Gasteiger charge is -2.18. The van der Waals surface area contributed by atoms with Gasteiger partial charge in [-0.15, -0.1) is 0 Å². The quantitative estimate of drug-likeness (QED) is 0.718. The number of nitrogens with zero attached hydrogens (tertiary/aromatic N) is 2. The van der Waals surface area contributed by atoms with E-state index in [-0.39, 0.29) is 6.04 Å². The van der Waals surface area contributed by atoms with Crippen molar-refractivity contribution in [1.29, 1.82) is 0 Å². The van der Waals surface area contributed by atoms with Gasteiger partial charge in [0.1, 0.15) is 11.8 Å².